The molecule has 0 aromatic heterocycles. The molecular weight excluding hydrogens is 308 g/mol. The van der Waals surface area contributed by atoms with E-state index in [4.69, 9.17) is 5.73 Å². The number of hydrogen-bond acceptors (Lipinski definition) is 2. The zero-order valence-corrected chi connectivity index (χ0v) is 14.0. The van der Waals surface area contributed by atoms with Crippen LogP contribution < -0.4 is 10.6 Å². The van der Waals surface area contributed by atoms with Gasteiger partial charge in [0.1, 0.15) is 0 Å². The van der Waals surface area contributed by atoms with Crippen molar-refractivity contribution in [3.8, 4) is 0 Å². The van der Waals surface area contributed by atoms with E-state index in [9.17, 15) is 4.79 Å². The van der Waals surface area contributed by atoms with Gasteiger partial charge < -0.3 is 10.6 Å². The Hall–Kier alpha value is -2.00. The van der Waals surface area contributed by atoms with Gasteiger partial charge in [0.2, 0.25) is 5.91 Å². The molecule has 1 amide bonds. The van der Waals surface area contributed by atoms with Crippen molar-refractivity contribution in [3.63, 3.8) is 0 Å². The van der Waals surface area contributed by atoms with Crippen molar-refractivity contribution in [1.82, 2.24) is 0 Å². The lowest BCUT2D eigenvalue weighted by molar-refractivity contribution is -0.118. The van der Waals surface area contributed by atoms with Gasteiger partial charge in [-0.3, -0.25) is 4.79 Å². The number of nitrogens with zero attached hydrogens (tertiary/aromatic N) is 1. The maximum atomic E-state index is 12.8. The van der Waals surface area contributed by atoms with Crippen LogP contribution in [0.5, 0.6) is 0 Å². The summed E-state index contributed by atoms with van der Waals surface area (Å²) in [4.78, 5) is 14.7. The van der Waals surface area contributed by atoms with Crippen molar-refractivity contribution in [2.75, 3.05) is 17.2 Å². The fraction of sp³-hybridized carbons (Fsp3) is 0.316. The molecule has 1 aliphatic carbocycles. The molecule has 1 saturated carbocycles. The minimum atomic E-state index is 0. The minimum absolute atomic E-state index is 0. The number of nitrogens with two attached hydrogens (primary N) is 1. The van der Waals surface area contributed by atoms with Crippen LogP contribution in [-0.2, 0) is 11.2 Å². The molecule has 2 aromatic rings. The zero-order chi connectivity index (χ0) is 15.4. The topological polar surface area (TPSA) is 46.3 Å². The summed E-state index contributed by atoms with van der Waals surface area (Å²) in [6, 6.07) is 17.5. The molecule has 0 spiro atoms. The molecule has 2 N–H and O–H groups in total. The number of anilines is 2. The third-order valence-electron chi connectivity index (χ3n) is 4.37. The van der Waals surface area contributed by atoms with Gasteiger partial charge in [-0.05, 0) is 48.6 Å². The van der Waals surface area contributed by atoms with Crippen molar-refractivity contribution < 1.29 is 4.79 Å². The Kier molecular flexibility index (Phi) is 6.05. The Morgan fingerprint density at radius 1 is 1.04 bits per heavy atom. The zero-order valence-electron chi connectivity index (χ0n) is 13.2. The van der Waals surface area contributed by atoms with Crippen molar-refractivity contribution in [2.45, 2.75) is 25.7 Å². The number of rotatable bonds is 5. The van der Waals surface area contributed by atoms with Crippen LogP contribution in [0.3, 0.4) is 0 Å². The lowest BCUT2D eigenvalue weighted by atomic mass is 9.85. The number of benzene rings is 2. The largest absolute Gasteiger partial charge is 0.399 e. The first kappa shape index (κ1) is 17.4. The van der Waals surface area contributed by atoms with Gasteiger partial charge in [-0.2, -0.15) is 0 Å². The van der Waals surface area contributed by atoms with Gasteiger partial charge in [-0.25, -0.2) is 0 Å². The van der Waals surface area contributed by atoms with Crippen molar-refractivity contribution in [3.05, 3.63) is 60.2 Å². The van der Waals surface area contributed by atoms with Crippen molar-refractivity contribution >= 4 is 29.7 Å². The molecule has 122 valence electrons. The third-order valence-corrected chi connectivity index (χ3v) is 4.37. The highest BCUT2D eigenvalue weighted by Gasteiger charge is 2.24. The minimum Gasteiger partial charge on any atom is -0.399 e. The van der Waals surface area contributed by atoms with Gasteiger partial charge in [-0.1, -0.05) is 36.8 Å². The van der Waals surface area contributed by atoms with Crippen molar-refractivity contribution in [2.24, 2.45) is 5.92 Å². The van der Waals surface area contributed by atoms with Gasteiger partial charge in [0.15, 0.2) is 0 Å². The fourth-order valence-electron chi connectivity index (χ4n) is 2.80. The summed E-state index contributed by atoms with van der Waals surface area (Å²) in [7, 11) is 0. The highest BCUT2D eigenvalue weighted by atomic mass is 35.5. The van der Waals surface area contributed by atoms with E-state index in [0.29, 0.717) is 12.3 Å². The molecule has 1 aliphatic rings. The van der Waals surface area contributed by atoms with Gasteiger partial charge in [0.25, 0.3) is 0 Å². The Balaban J connectivity index is 0.00000192. The van der Waals surface area contributed by atoms with E-state index < -0.39 is 0 Å². The van der Waals surface area contributed by atoms with E-state index >= 15 is 0 Å². The van der Waals surface area contributed by atoms with Gasteiger partial charge in [0, 0.05) is 17.9 Å². The number of amides is 1. The van der Waals surface area contributed by atoms with E-state index in [-0.39, 0.29) is 18.3 Å². The Bertz CT molecular complexity index is 624. The smallest absolute Gasteiger partial charge is 0.231 e. The lowest BCUT2D eigenvalue weighted by Crippen LogP contribution is -2.38. The first-order chi connectivity index (χ1) is 10.7. The molecule has 0 atom stereocenters. The summed E-state index contributed by atoms with van der Waals surface area (Å²) >= 11 is 0. The summed E-state index contributed by atoms with van der Waals surface area (Å²) < 4.78 is 0. The molecule has 23 heavy (non-hydrogen) atoms. The Morgan fingerprint density at radius 3 is 2.26 bits per heavy atom. The van der Waals surface area contributed by atoms with E-state index in [2.05, 4.69) is 0 Å². The quantitative estimate of drug-likeness (QED) is 0.840. The van der Waals surface area contributed by atoms with Crippen LogP contribution in [0.15, 0.2) is 54.6 Å². The van der Waals surface area contributed by atoms with E-state index in [1.54, 1.807) is 0 Å². The van der Waals surface area contributed by atoms with Gasteiger partial charge >= 0.3 is 0 Å². The first-order valence-corrected chi connectivity index (χ1v) is 7.92. The van der Waals surface area contributed by atoms with Crippen LogP contribution in [0.2, 0.25) is 0 Å². The second kappa shape index (κ2) is 8.02. The molecule has 0 radical (unpaired) electrons. The normalized spacial score (nSPS) is 13.7. The second-order valence-electron chi connectivity index (χ2n) is 6.06. The number of carbonyl (C=O) groups is 1. The average molecular weight is 331 g/mol. The molecule has 3 nitrogen and oxygen atoms in total. The van der Waals surface area contributed by atoms with Crippen LogP contribution in [0.4, 0.5) is 11.4 Å². The van der Waals surface area contributed by atoms with Crippen LogP contribution in [0, 0.1) is 5.92 Å². The monoisotopic (exact) mass is 330 g/mol. The number of carbonyl (C=O) groups excluding carboxylic acids is 1. The summed E-state index contributed by atoms with van der Waals surface area (Å²) in [5.41, 5.74) is 8.44. The molecular formula is C19H23ClN2O. The van der Waals surface area contributed by atoms with E-state index in [1.807, 2.05) is 59.5 Å². The standard InChI is InChI=1S/C19H22N2O.ClH/c20-17-11-9-15(10-12-17)13-19(22)21(14-16-5-4-6-16)18-7-2-1-3-8-18;/h1-3,7-12,16H,4-6,13-14,20H2;1H. The molecule has 0 saturated heterocycles. The van der Waals surface area contributed by atoms with Crippen LogP contribution in [0.25, 0.3) is 0 Å². The van der Waals surface area contributed by atoms with E-state index in [0.717, 1.165) is 23.5 Å². The number of halogens is 1. The van der Waals surface area contributed by atoms with Crippen LogP contribution >= 0.6 is 12.4 Å². The number of nitrogen functional groups attached to an aromatic ring is 1. The van der Waals surface area contributed by atoms with E-state index in [1.165, 1.54) is 19.3 Å². The highest BCUT2D eigenvalue weighted by Crippen LogP contribution is 2.29. The van der Waals surface area contributed by atoms with Gasteiger partial charge in [0.05, 0.1) is 6.42 Å². The maximum absolute atomic E-state index is 12.8. The molecule has 4 heteroatoms. The molecule has 1 fully saturated rings. The number of hydrogen-bond donors (Lipinski definition) is 1. The number of para-hydroxylation sites is 1. The van der Waals surface area contributed by atoms with Crippen molar-refractivity contribution in [1.29, 1.82) is 0 Å². The molecule has 0 bridgehead atoms. The predicted octanol–water partition coefficient (Wildman–Crippen LogP) is 4.07. The first-order valence-electron chi connectivity index (χ1n) is 7.92. The lowest BCUT2D eigenvalue weighted by Gasteiger charge is -2.32. The second-order valence-corrected chi connectivity index (χ2v) is 6.06. The maximum Gasteiger partial charge on any atom is 0.231 e. The average Bonchev–Trinajstić information content (AvgIpc) is 2.49. The summed E-state index contributed by atoms with van der Waals surface area (Å²) in [5.74, 6) is 0.804. The SMILES string of the molecule is Cl.Nc1ccc(CC(=O)N(CC2CCC2)c2ccccc2)cc1. The predicted molar refractivity (Wildman–Crippen MR) is 97.9 cm³/mol. The Labute approximate surface area is 143 Å². The van der Waals surface area contributed by atoms with Crippen LogP contribution in [-0.4, -0.2) is 12.5 Å². The molecule has 0 heterocycles. The van der Waals surface area contributed by atoms with Crippen LogP contribution in [0.1, 0.15) is 24.8 Å². The summed E-state index contributed by atoms with van der Waals surface area (Å²) in [6.45, 7) is 0.831. The third kappa shape index (κ3) is 4.49. The summed E-state index contributed by atoms with van der Waals surface area (Å²) in [5, 5.41) is 0. The molecule has 0 aliphatic heterocycles. The summed E-state index contributed by atoms with van der Waals surface area (Å²) in [6.07, 6.45) is 4.18. The Morgan fingerprint density at radius 2 is 1.70 bits per heavy atom. The molecule has 3 rings (SSSR count). The highest BCUT2D eigenvalue weighted by molar-refractivity contribution is 5.94. The molecule has 2 aromatic carbocycles. The molecule has 0 unspecified atom stereocenters. The van der Waals surface area contributed by atoms with Gasteiger partial charge in [-0.15, -0.1) is 12.4 Å². The fourth-order valence-corrected chi connectivity index (χ4v) is 2.80.